The van der Waals surface area contributed by atoms with E-state index >= 15 is 0 Å². The van der Waals surface area contributed by atoms with Crippen LogP contribution in [-0.2, 0) is 7.05 Å². The number of carbonyl (C=O) groups excluding carboxylic acids is 1. The summed E-state index contributed by atoms with van der Waals surface area (Å²) in [7, 11) is 1.71. The largest absolute Gasteiger partial charge is 0.324 e. The molecular formula is C10H12ClN3O. The number of nitrogens with two attached hydrogens (primary N) is 1. The van der Waals surface area contributed by atoms with Gasteiger partial charge in [0.15, 0.2) is 5.78 Å². The van der Waals surface area contributed by atoms with Crippen molar-refractivity contribution in [2.45, 2.75) is 12.5 Å². The molecule has 2 unspecified atom stereocenters. The third kappa shape index (κ3) is 1.82. The molecule has 1 aromatic heterocycles. The summed E-state index contributed by atoms with van der Waals surface area (Å²) < 4.78 is 1.50. The summed E-state index contributed by atoms with van der Waals surface area (Å²) in [4.78, 5) is 12.0. The van der Waals surface area contributed by atoms with Crippen molar-refractivity contribution in [2.24, 2.45) is 18.7 Å². The highest BCUT2D eigenvalue weighted by atomic mass is 35.5. The van der Waals surface area contributed by atoms with Crippen molar-refractivity contribution < 1.29 is 4.79 Å². The lowest BCUT2D eigenvalue weighted by molar-refractivity contribution is 0.0933. The van der Waals surface area contributed by atoms with Crippen LogP contribution >= 0.6 is 11.6 Å². The van der Waals surface area contributed by atoms with Crippen molar-refractivity contribution in [1.82, 2.24) is 9.78 Å². The van der Waals surface area contributed by atoms with Gasteiger partial charge in [0.2, 0.25) is 0 Å². The molecule has 0 spiro atoms. The van der Waals surface area contributed by atoms with Gasteiger partial charge < -0.3 is 5.73 Å². The van der Waals surface area contributed by atoms with E-state index in [1.54, 1.807) is 7.05 Å². The molecule has 0 fully saturated rings. The molecule has 1 aliphatic carbocycles. The second-order valence-corrected chi connectivity index (χ2v) is 4.13. The first kappa shape index (κ1) is 10.4. The van der Waals surface area contributed by atoms with E-state index in [0.717, 1.165) is 0 Å². The first-order valence-electron chi connectivity index (χ1n) is 4.75. The van der Waals surface area contributed by atoms with Crippen LogP contribution in [0.4, 0.5) is 0 Å². The van der Waals surface area contributed by atoms with Crippen LogP contribution in [-0.4, -0.2) is 21.6 Å². The number of Topliss-reactive ketones (excluding diaryl/α,β-unsaturated/α-hetero) is 1. The normalized spacial score (nSPS) is 24.7. The molecular weight excluding hydrogens is 214 g/mol. The minimum atomic E-state index is -0.159. The molecule has 0 aliphatic heterocycles. The fourth-order valence-electron chi connectivity index (χ4n) is 1.79. The van der Waals surface area contributed by atoms with Crippen molar-refractivity contribution in [2.75, 3.05) is 0 Å². The van der Waals surface area contributed by atoms with Crippen molar-refractivity contribution in [3.63, 3.8) is 0 Å². The van der Waals surface area contributed by atoms with E-state index in [4.69, 9.17) is 17.3 Å². The van der Waals surface area contributed by atoms with Crippen LogP contribution in [0, 0.1) is 5.92 Å². The maximum Gasteiger partial charge on any atom is 0.189 e. The molecule has 1 heterocycles. The fraction of sp³-hybridized carbons (Fsp3) is 0.400. The van der Waals surface area contributed by atoms with Gasteiger partial charge in [0.25, 0.3) is 0 Å². The fourth-order valence-corrected chi connectivity index (χ4v) is 2.04. The second-order valence-electron chi connectivity index (χ2n) is 3.72. The van der Waals surface area contributed by atoms with Crippen molar-refractivity contribution in [3.05, 3.63) is 29.1 Å². The monoisotopic (exact) mass is 225 g/mol. The number of carbonyl (C=O) groups is 1. The first-order valence-corrected chi connectivity index (χ1v) is 5.13. The zero-order valence-corrected chi connectivity index (χ0v) is 9.11. The average Bonchev–Trinajstić information content (AvgIpc) is 2.73. The summed E-state index contributed by atoms with van der Waals surface area (Å²) in [6.45, 7) is 0. The molecule has 4 nitrogen and oxygen atoms in total. The number of allylic oxidation sites excluding steroid dienone is 1. The van der Waals surface area contributed by atoms with Crippen molar-refractivity contribution in [3.8, 4) is 0 Å². The number of aryl methyl sites for hydroxylation is 1. The Labute approximate surface area is 92.7 Å². The van der Waals surface area contributed by atoms with Gasteiger partial charge in [-0.2, -0.15) is 5.10 Å². The lowest BCUT2D eigenvalue weighted by Crippen LogP contribution is -2.20. The van der Waals surface area contributed by atoms with Crippen molar-refractivity contribution >= 4 is 17.4 Å². The Bertz CT molecular complexity index is 405. The SMILES string of the molecule is Cn1ncc(Cl)c1C(=O)C1C=CC(N)C1. The number of halogens is 1. The van der Waals surface area contributed by atoms with Crippen LogP contribution in [0.3, 0.4) is 0 Å². The Balaban J connectivity index is 2.26. The topological polar surface area (TPSA) is 60.9 Å². The molecule has 1 aromatic rings. The zero-order valence-electron chi connectivity index (χ0n) is 8.35. The standard InChI is InChI=1S/C10H12ClN3O/c1-14-9(8(11)5-13-14)10(15)6-2-3-7(12)4-6/h2-3,5-7H,4,12H2,1H3. The minimum absolute atomic E-state index is 0.01000. The molecule has 80 valence electrons. The highest BCUT2D eigenvalue weighted by molar-refractivity contribution is 6.33. The van der Waals surface area contributed by atoms with Crippen LogP contribution < -0.4 is 5.73 Å². The van der Waals surface area contributed by atoms with E-state index in [0.29, 0.717) is 17.1 Å². The predicted molar refractivity (Wildman–Crippen MR) is 57.8 cm³/mol. The molecule has 1 aliphatic rings. The molecule has 5 heteroatoms. The second kappa shape index (κ2) is 3.79. The Hall–Kier alpha value is -1.13. The summed E-state index contributed by atoms with van der Waals surface area (Å²) >= 11 is 5.90. The van der Waals surface area contributed by atoms with Gasteiger partial charge in [0, 0.05) is 19.0 Å². The van der Waals surface area contributed by atoms with Gasteiger partial charge in [-0.25, -0.2) is 0 Å². The summed E-state index contributed by atoms with van der Waals surface area (Å²) in [5.74, 6) is -0.169. The molecule has 2 N–H and O–H groups in total. The Morgan fingerprint density at radius 2 is 2.40 bits per heavy atom. The van der Waals surface area contributed by atoms with E-state index in [-0.39, 0.29) is 17.7 Å². The predicted octanol–water partition coefficient (Wildman–Crippen LogP) is 1.16. The molecule has 0 bridgehead atoms. The minimum Gasteiger partial charge on any atom is -0.324 e. The van der Waals surface area contributed by atoms with Crippen LogP contribution in [0.15, 0.2) is 18.3 Å². The number of rotatable bonds is 2. The summed E-state index contributed by atoms with van der Waals surface area (Å²) in [6, 6.07) is -0.0223. The van der Waals surface area contributed by atoms with Gasteiger partial charge in [0.05, 0.1) is 11.2 Å². The third-order valence-corrected chi connectivity index (χ3v) is 2.86. The van der Waals surface area contributed by atoms with E-state index in [2.05, 4.69) is 5.10 Å². The van der Waals surface area contributed by atoms with Crippen LogP contribution in [0.1, 0.15) is 16.9 Å². The van der Waals surface area contributed by atoms with E-state index in [9.17, 15) is 4.79 Å². The molecule has 2 rings (SSSR count). The van der Waals surface area contributed by atoms with Gasteiger partial charge in [-0.3, -0.25) is 9.48 Å². The summed E-state index contributed by atoms with van der Waals surface area (Å²) in [6.07, 6.45) is 5.83. The number of aromatic nitrogens is 2. The summed E-state index contributed by atoms with van der Waals surface area (Å²) in [5, 5.41) is 4.34. The maximum absolute atomic E-state index is 12.0. The Morgan fingerprint density at radius 1 is 1.67 bits per heavy atom. The zero-order chi connectivity index (χ0) is 11.0. The molecule has 15 heavy (non-hydrogen) atoms. The number of ketones is 1. The lowest BCUT2D eigenvalue weighted by Gasteiger charge is -2.08. The Kier molecular flexibility index (Phi) is 2.63. The highest BCUT2D eigenvalue weighted by Gasteiger charge is 2.27. The highest BCUT2D eigenvalue weighted by Crippen LogP contribution is 2.24. The van der Waals surface area contributed by atoms with Crippen molar-refractivity contribution in [1.29, 1.82) is 0 Å². The number of nitrogens with zero attached hydrogens (tertiary/aromatic N) is 2. The Morgan fingerprint density at radius 3 is 2.87 bits per heavy atom. The molecule has 0 saturated heterocycles. The van der Waals surface area contributed by atoms with Gasteiger partial charge in [-0.1, -0.05) is 23.8 Å². The lowest BCUT2D eigenvalue weighted by atomic mass is 10.0. The molecule has 0 amide bonds. The first-order chi connectivity index (χ1) is 7.09. The number of hydrogen-bond donors (Lipinski definition) is 1. The smallest absolute Gasteiger partial charge is 0.189 e. The maximum atomic E-state index is 12.0. The number of hydrogen-bond acceptors (Lipinski definition) is 3. The van der Waals surface area contributed by atoms with Gasteiger partial charge >= 0.3 is 0 Å². The molecule has 0 aromatic carbocycles. The molecule has 0 radical (unpaired) electrons. The van der Waals surface area contributed by atoms with Crippen LogP contribution in [0.2, 0.25) is 5.02 Å². The third-order valence-electron chi connectivity index (χ3n) is 2.58. The van der Waals surface area contributed by atoms with E-state index in [1.165, 1.54) is 10.9 Å². The van der Waals surface area contributed by atoms with Gasteiger partial charge in [0.1, 0.15) is 5.69 Å². The van der Waals surface area contributed by atoms with Gasteiger partial charge in [-0.15, -0.1) is 0 Å². The van der Waals surface area contributed by atoms with Crippen LogP contribution in [0.5, 0.6) is 0 Å². The average molecular weight is 226 g/mol. The molecule has 2 atom stereocenters. The molecule has 0 saturated carbocycles. The summed E-state index contributed by atoms with van der Waals surface area (Å²) in [5.41, 5.74) is 6.16. The quantitative estimate of drug-likeness (QED) is 0.607. The van der Waals surface area contributed by atoms with E-state index in [1.807, 2.05) is 12.2 Å². The van der Waals surface area contributed by atoms with E-state index < -0.39 is 0 Å². The van der Waals surface area contributed by atoms with Crippen LogP contribution in [0.25, 0.3) is 0 Å². The van der Waals surface area contributed by atoms with Gasteiger partial charge in [-0.05, 0) is 6.42 Å².